The molecule has 3 aromatic carbocycles. The molecule has 0 radical (unpaired) electrons. The molecule has 1 saturated carbocycles. The van der Waals surface area contributed by atoms with Crippen molar-refractivity contribution in [3.05, 3.63) is 128 Å². The summed E-state index contributed by atoms with van der Waals surface area (Å²) >= 11 is 0. The number of nitrogens with one attached hydrogen (secondary N) is 6. The van der Waals surface area contributed by atoms with Crippen molar-refractivity contribution < 1.29 is 97.3 Å². The van der Waals surface area contributed by atoms with E-state index in [0.717, 1.165) is 85.6 Å². The van der Waals surface area contributed by atoms with Crippen LogP contribution in [0.4, 0.5) is 16.4 Å². The summed E-state index contributed by atoms with van der Waals surface area (Å²) in [5.41, 5.74) is 12.0. The van der Waals surface area contributed by atoms with Crippen LogP contribution in [0.2, 0.25) is 0 Å². The van der Waals surface area contributed by atoms with Gasteiger partial charge < -0.3 is 61.3 Å². The van der Waals surface area contributed by atoms with Gasteiger partial charge in [0, 0.05) is 151 Å². The number of para-hydroxylation sites is 1. The van der Waals surface area contributed by atoms with Gasteiger partial charge in [0.15, 0.2) is 34.1 Å². The molecule has 2 bridgehead atoms. The van der Waals surface area contributed by atoms with Gasteiger partial charge in [0.2, 0.25) is 17.8 Å². The van der Waals surface area contributed by atoms with Gasteiger partial charge in [0.05, 0.1) is 54.6 Å². The normalized spacial score (nSPS) is 24.5. The predicted molar refractivity (Wildman–Crippen MR) is 451 cm³/mol. The monoisotopic (exact) mass is 1730 g/mol. The molecule has 1 aliphatic carbocycles. The first-order chi connectivity index (χ1) is 58.6. The van der Waals surface area contributed by atoms with Crippen molar-refractivity contribution >= 4 is 121 Å². The van der Waals surface area contributed by atoms with Crippen molar-refractivity contribution in [2.75, 3.05) is 75.6 Å². The largest absolute Gasteiger partial charge is 0.496 e. The highest BCUT2D eigenvalue weighted by molar-refractivity contribution is 8.76. The number of terminal acetylenes is 2. The molecule has 2 unspecified atom stereocenters. The Hall–Kier alpha value is -11.4. The first kappa shape index (κ1) is 93.8. The Morgan fingerprint density at radius 2 is 1.50 bits per heavy atom. The highest BCUT2D eigenvalue weighted by atomic mass is 33.1. The lowest BCUT2D eigenvalue weighted by Crippen LogP contribution is -2.82. The Morgan fingerprint density at radius 1 is 0.821 bits per heavy atom. The minimum absolute atomic E-state index is 0.0409. The van der Waals surface area contributed by atoms with Crippen LogP contribution in [0.1, 0.15) is 156 Å². The molecule has 3 fully saturated rings. The van der Waals surface area contributed by atoms with Crippen molar-refractivity contribution in [2.24, 2.45) is 29.1 Å². The molecule has 6 aromatic rings. The number of aliphatic hydroxyl groups excluding tert-OH is 1. The lowest BCUT2D eigenvalue weighted by atomic mass is 9.47. The minimum atomic E-state index is -2.58. The number of H-pyrrole nitrogens is 2. The Balaban J connectivity index is 0.00000256. The van der Waals surface area contributed by atoms with Crippen LogP contribution in [0.5, 0.6) is 5.75 Å². The number of hydrogen-bond acceptors (Lipinski definition) is 28. The van der Waals surface area contributed by atoms with Gasteiger partial charge in [-0.3, -0.25) is 63.4 Å². The molecular formula is C87H103N13O21S2. The number of aromatic nitrogens is 5. The second kappa shape index (κ2) is 40.3. The lowest BCUT2D eigenvalue weighted by Gasteiger charge is -2.63. The average Bonchev–Trinajstić information content (AvgIpc) is 1.49. The van der Waals surface area contributed by atoms with Gasteiger partial charge in [0.25, 0.3) is 11.5 Å². The van der Waals surface area contributed by atoms with E-state index in [-0.39, 0.29) is 78.3 Å². The molecule has 1 spiro atoms. The third-order valence-corrected chi connectivity index (χ3v) is 27.5. The number of aryl methyl sites for hydroxylation is 2. The second-order valence-electron chi connectivity index (χ2n) is 32.8. The van der Waals surface area contributed by atoms with Crippen LogP contribution < -0.4 is 42.4 Å². The topological polar surface area (TPSA) is 513 Å². The number of methoxy groups -OCH3 is 1. The van der Waals surface area contributed by atoms with Crippen LogP contribution in [0, 0.1) is 53.8 Å². The van der Waals surface area contributed by atoms with Gasteiger partial charge in [-0.05, 0) is 113 Å². The molecule has 13 N–H and O–H groups in total. The van der Waals surface area contributed by atoms with Gasteiger partial charge in [-0.25, -0.2) is 20.2 Å². The van der Waals surface area contributed by atoms with Crippen LogP contribution in [0.3, 0.4) is 0 Å². The lowest BCUT2D eigenvalue weighted by molar-refractivity contribution is -0.204. The fourth-order valence-electron chi connectivity index (χ4n) is 19.5. The molecule has 34 nitrogen and oxygen atoms in total. The second-order valence-corrected chi connectivity index (χ2v) is 35.4. The fraction of sp³-hybridized carbons (Fsp3) is 0.506. The van der Waals surface area contributed by atoms with E-state index in [9.17, 15) is 68.7 Å². The number of piperidine rings is 1. The van der Waals surface area contributed by atoms with Crippen molar-refractivity contribution in [2.45, 2.75) is 183 Å². The molecule has 8 heterocycles. The Kier molecular flexibility index (Phi) is 30.7. The quantitative estimate of drug-likeness (QED) is 0.00652. The maximum Gasteiger partial charge on any atom is 0.426 e. The smallest absolute Gasteiger partial charge is 0.426 e. The van der Waals surface area contributed by atoms with Crippen LogP contribution in [0.25, 0.3) is 22.1 Å². The maximum atomic E-state index is 15.3. The Bertz CT molecular complexity index is 5260. The first-order valence-electron chi connectivity index (χ1n) is 40.5. The number of nitrogens with zero attached hydrogens (tertiary/aromatic N) is 6. The maximum absolute atomic E-state index is 15.3. The molecule has 36 heteroatoms. The zero-order valence-corrected chi connectivity index (χ0v) is 71.0. The predicted octanol–water partition coefficient (Wildman–Crippen LogP) is 4.88. The van der Waals surface area contributed by atoms with Crippen LogP contribution in [-0.4, -0.2) is 232 Å². The highest BCUT2D eigenvalue weighted by Gasteiger charge is 2.79. The van der Waals surface area contributed by atoms with Gasteiger partial charge in [-0.2, -0.15) is 24.2 Å². The number of anilines is 2. The molecule has 123 heavy (non-hydrogen) atoms. The SMILES string of the molecule is C#CC[C@H](NC(=O)CC[C@H](CC(=O)c1ccc(CCc2cnc3nc(N)[nH]c(=O)c3n2)cc1)C(=O)O)C(=O)C[C@@H](C)C(=O)N[C@@H](CC#C)C(=O)C[C@@H](CSSCCOC(=O)NNC(=O)[C@@]1(O)[C@H](O)[C@]2(CC)C=C(C)CN3CC[C@@]4(c5cc([C@@]6(C)C[C@@H]7CN(CCc8c6[nH]c6ccccc86)CC(O)(CC)C7)c(OC)cc5N(C)[C@@H]14)[C@@H]32)C(=O)O.O=C=O.O=C=O. The van der Waals surface area contributed by atoms with Crippen molar-refractivity contribution in [3.8, 4) is 30.4 Å². The minimum Gasteiger partial charge on any atom is -0.496 e. The summed E-state index contributed by atoms with van der Waals surface area (Å²) in [7, 11) is 5.68. The van der Waals surface area contributed by atoms with E-state index in [1.165, 1.54) is 18.7 Å². The molecule has 3 aromatic heterocycles. The van der Waals surface area contributed by atoms with Crippen LogP contribution in [0.15, 0.2) is 83.3 Å². The van der Waals surface area contributed by atoms with E-state index >= 15 is 4.79 Å². The van der Waals surface area contributed by atoms with E-state index < -0.39 is 160 Å². The molecule has 12 rings (SSSR count). The number of amides is 4. The van der Waals surface area contributed by atoms with E-state index in [1.807, 2.05) is 50.9 Å². The number of carbonyl (C=O) groups excluding carboxylic acids is 11. The number of aliphatic carboxylic acids is 2. The number of carboxylic acids is 2. The molecular weight excluding hydrogens is 1630 g/mol. The van der Waals surface area contributed by atoms with Crippen molar-refractivity contribution in [3.63, 3.8) is 0 Å². The van der Waals surface area contributed by atoms with Crippen molar-refractivity contribution in [1.82, 2.24) is 56.2 Å². The summed E-state index contributed by atoms with van der Waals surface area (Å²) in [6, 6.07) is 15.0. The Labute approximate surface area is 716 Å². The van der Waals surface area contributed by atoms with E-state index in [1.54, 1.807) is 31.4 Å². The number of aliphatic hydroxyl groups is 3. The van der Waals surface area contributed by atoms with Gasteiger partial charge in [0.1, 0.15) is 18.5 Å². The van der Waals surface area contributed by atoms with E-state index in [0.29, 0.717) is 76.0 Å². The molecule has 5 aliphatic heterocycles. The summed E-state index contributed by atoms with van der Waals surface area (Å²) in [5, 5.41) is 65.4. The zero-order valence-electron chi connectivity index (χ0n) is 69.4. The molecule has 6 aliphatic rings. The van der Waals surface area contributed by atoms with Gasteiger partial charge in [-0.15, -0.1) is 24.7 Å². The number of ether oxygens (including phenoxy) is 2. The zero-order chi connectivity index (χ0) is 89.6. The summed E-state index contributed by atoms with van der Waals surface area (Å²) in [5.74, 6) is -5.49. The number of aromatic amines is 2. The number of ketones is 3. The third kappa shape index (κ3) is 20.0. The molecule has 4 amide bonds. The van der Waals surface area contributed by atoms with Gasteiger partial charge in [-0.1, -0.05) is 96.5 Å². The number of hydrogen-bond donors (Lipinski definition) is 12. The summed E-state index contributed by atoms with van der Waals surface area (Å²) in [6.45, 7) is 12.8. The standard InChI is InChI=1S/C85H103N13O17S2.2CO2/c1-10-16-60(89-67(102)27-25-52(73(105)106)35-63(99)51-23-20-49(21-24-51)22-26-54-42-87-70-68(88-54)72(104)93-79(86)92-70)64(100)34-48(6)71(103)91-61(17-11-2)65(101)36-53(74(107)108)45-117-116-33-32-115-80(111)95-94-78(110)85(113)76-84(29-31-98-43-47(5)39-83(13-4,75(84)98)77(85)109)57-37-58(66(114-9)38-62(57)96(76)8)81(7)40-50-41-82(112,12-3)46-97(44-50)30-28-56-55-18-14-15-19-59(55)90-69(56)81;2*2-1-3/h1-2,14-15,18-21,23-24,37-39,42,48,50,52-53,60-61,75-77,90,109,112-113H,12-13,16-17,22,25-36,40-41,43-46H2,3-9H3,(H,89,102)(H,91,103)(H,94,110)(H,95,111)(H,105,106)(H,107,108)(H3,86,87,92,93,104);;/t48-,50+,52-,53+,60+,61+,75+,76-,77-,81-,82?,83-,84-,85+;;/m1../s1. The first-order valence-corrected chi connectivity index (χ1v) is 43.0. The summed E-state index contributed by atoms with van der Waals surface area (Å²) < 4.78 is 11.9. The number of rotatable bonds is 33. The third-order valence-electron chi connectivity index (χ3n) is 25.0. The van der Waals surface area contributed by atoms with Gasteiger partial charge >= 0.3 is 30.3 Å². The number of fused-ring (bicyclic) bond motifs is 7. The van der Waals surface area contributed by atoms with Crippen molar-refractivity contribution in [1.29, 1.82) is 0 Å². The number of nitrogens with two attached hydrogens (primary N) is 1. The number of carboxylic acid groups (broad SMARTS) is 2. The number of hydrazine groups is 1. The highest BCUT2D eigenvalue weighted by Crippen LogP contribution is 2.68. The summed E-state index contributed by atoms with van der Waals surface area (Å²) in [4.78, 5) is 192. The fourth-order valence-corrected chi connectivity index (χ4v) is 21.6. The van der Waals surface area contributed by atoms with Crippen LogP contribution >= 0.6 is 21.6 Å². The number of carbonyl (C=O) groups is 9. The number of likely N-dealkylation sites (N-methyl/N-ethyl adjacent to an activating group) is 1. The molecule has 654 valence electrons. The summed E-state index contributed by atoms with van der Waals surface area (Å²) in [6.07, 6.45) is 14.0. The molecule has 15 atom stereocenters. The molecule has 2 saturated heterocycles. The van der Waals surface area contributed by atoms with Crippen LogP contribution in [-0.2, 0) is 87.6 Å². The number of Topliss-reactive ketones (excluding diaryl/α,β-unsaturated/α-hetero) is 3. The number of benzene rings is 3. The van der Waals surface area contributed by atoms with E-state index in [2.05, 4.69) is 99.2 Å². The Morgan fingerprint density at radius 3 is 2.17 bits per heavy atom. The average molecular weight is 1730 g/mol. The van der Waals surface area contributed by atoms with E-state index in [4.69, 9.17) is 47.2 Å². The number of nitrogen functional groups attached to an aromatic ring is 1.